The Kier molecular flexibility index (Phi) is 3.70. The summed E-state index contributed by atoms with van der Waals surface area (Å²) in [6.07, 6.45) is 0. The molecule has 0 unspecified atom stereocenters. The van der Waals surface area contributed by atoms with Gasteiger partial charge in [0.25, 0.3) is 0 Å². The van der Waals surface area contributed by atoms with E-state index in [1.807, 2.05) is 13.8 Å². The Bertz CT molecular complexity index is 286. The molecule has 0 atom stereocenters. The van der Waals surface area contributed by atoms with E-state index in [1.54, 1.807) is 6.07 Å². The highest BCUT2D eigenvalue weighted by atomic mass is 35.5. The molecule has 1 N–H and O–H groups in total. The molecule has 3 heteroatoms. The van der Waals surface area contributed by atoms with Crippen LogP contribution >= 0.6 is 11.6 Å². The molecule has 72 valence electrons. The van der Waals surface area contributed by atoms with Gasteiger partial charge in [-0.3, -0.25) is 0 Å². The highest BCUT2D eigenvalue weighted by Gasteiger charge is 2.02. The second-order valence-corrected chi connectivity index (χ2v) is 3.68. The van der Waals surface area contributed by atoms with Gasteiger partial charge < -0.3 is 5.32 Å². The van der Waals surface area contributed by atoms with Gasteiger partial charge in [0.15, 0.2) is 0 Å². The first kappa shape index (κ1) is 10.5. The van der Waals surface area contributed by atoms with Gasteiger partial charge in [-0.05, 0) is 23.8 Å². The van der Waals surface area contributed by atoms with Crippen LogP contribution in [0.5, 0.6) is 0 Å². The Morgan fingerprint density at radius 2 is 2.15 bits per heavy atom. The number of hydrogen-bond donors (Lipinski definition) is 1. The Morgan fingerprint density at radius 1 is 1.46 bits per heavy atom. The molecule has 0 radical (unpaired) electrons. The molecular weight excluding hydrogens is 189 g/mol. The summed E-state index contributed by atoms with van der Waals surface area (Å²) in [6.45, 7) is 4.68. The number of nitrogens with one attached hydrogen (secondary N) is 1. The Morgan fingerprint density at radius 3 is 2.77 bits per heavy atom. The number of benzene rings is 1. The average Bonchev–Trinajstić information content (AvgIpc) is 2.06. The Hall–Kier alpha value is -0.600. The monoisotopic (exact) mass is 201 g/mol. The van der Waals surface area contributed by atoms with E-state index in [0.717, 1.165) is 5.56 Å². The topological polar surface area (TPSA) is 12.0 Å². The maximum atomic E-state index is 12.8. The molecular formula is C10H13ClFN. The summed E-state index contributed by atoms with van der Waals surface area (Å²) in [5.74, 6) is -0.245. The second kappa shape index (κ2) is 4.58. The molecule has 0 spiro atoms. The minimum absolute atomic E-state index is 0.245. The molecule has 0 amide bonds. The van der Waals surface area contributed by atoms with E-state index in [1.165, 1.54) is 12.1 Å². The maximum absolute atomic E-state index is 12.8. The molecule has 1 aromatic carbocycles. The van der Waals surface area contributed by atoms with Crippen LogP contribution in [0.1, 0.15) is 19.4 Å². The van der Waals surface area contributed by atoms with E-state index in [2.05, 4.69) is 5.32 Å². The zero-order valence-electron chi connectivity index (χ0n) is 7.77. The average molecular weight is 202 g/mol. The van der Waals surface area contributed by atoms with Crippen molar-refractivity contribution in [3.8, 4) is 0 Å². The number of rotatable bonds is 3. The van der Waals surface area contributed by atoms with Gasteiger partial charge in [-0.1, -0.05) is 25.4 Å². The van der Waals surface area contributed by atoms with Gasteiger partial charge >= 0.3 is 0 Å². The first-order valence-corrected chi connectivity index (χ1v) is 4.64. The molecule has 0 fully saturated rings. The van der Waals surface area contributed by atoms with E-state index >= 15 is 0 Å². The lowest BCUT2D eigenvalue weighted by Gasteiger charge is -2.09. The van der Waals surface area contributed by atoms with Crippen LogP contribution < -0.4 is 5.32 Å². The summed E-state index contributed by atoms with van der Waals surface area (Å²) in [4.78, 5) is 0. The molecule has 1 aromatic rings. The Balaban J connectivity index is 2.70. The highest BCUT2D eigenvalue weighted by molar-refractivity contribution is 6.31. The van der Waals surface area contributed by atoms with E-state index in [-0.39, 0.29) is 5.82 Å². The first-order valence-electron chi connectivity index (χ1n) is 4.27. The van der Waals surface area contributed by atoms with Crippen molar-refractivity contribution < 1.29 is 4.39 Å². The lowest BCUT2D eigenvalue weighted by Crippen LogP contribution is -2.22. The van der Waals surface area contributed by atoms with Crippen LogP contribution in [0.3, 0.4) is 0 Å². The second-order valence-electron chi connectivity index (χ2n) is 3.27. The molecule has 0 aliphatic rings. The van der Waals surface area contributed by atoms with Crippen LogP contribution in [0.4, 0.5) is 4.39 Å². The van der Waals surface area contributed by atoms with E-state index in [4.69, 9.17) is 11.6 Å². The third-order valence-corrected chi connectivity index (χ3v) is 2.08. The molecule has 0 aliphatic carbocycles. The Labute approximate surface area is 82.9 Å². The van der Waals surface area contributed by atoms with E-state index in [0.29, 0.717) is 17.6 Å². The highest BCUT2D eigenvalue weighted by Crippen LogP contribution is 2.16. The van der Waals surface area contributed by atoms with Crippen molar-refractivity contribution in [2.45, 2.75) is 26.4 Å². The third-order valence-electron chi connectivity index (χ3n) is 1.71. The number of hydrogen-bond acceptors (Lipinski definition) is 1. The molecule has 0 bridgehead atoms. The van der Waals surface area contributed by atoms with Gasteiger partial charge in [-0.25, -0.2) is 4.39 Å². The molecule has 1 nitrogen and oxygen atoms in total. The largest absolute Gasteiger partial charge is 0.310 e. The van der Waals surface area contributed by atoms with Crippen LogP contribution in [0.15, 0.2) is 18.2 Å². The zero-order chi connectivity index (χ0) is 9.84. The predicted molar refractivity (Wildman–Crippen MR) is 53.4 cm³/mol. The minimum atomic E-state index is -0.245. The van der Waals surface area contributed by atoms with Gasteiger partial charge in [0, 0.05) is 17.6 Å². The predicted octanol–water partition coefficient (Wildman–Crippen LogP) is 2.98. The molecule has 0 aliphatic heterocycles. The summed E-state index contributed by atoms with van der Waals surface area (Å²) in [5.41, 5.74) is 0.801. The van der Waals surface area contributed by atoms with Crippen LogP contribution in [-0.2, 0) is 6.54 Å². The lowest BCUT2D eigenvalue weighted by atomic mass is 10.2. The maximum Gasteiger partial charge on any atom is 0.123 e. The van der Waals surface area contributed by atoms with Gasteiger partial charge in [-0.15, -0.1) is 0 Å². The SMILES string of the molecule is CC(C)NCc1cc(F)ccc1Cl. The zero-order valence-corrected chi connectivity index (χ0v) is 8.53. The van der Waals surface area contributed by atoms with Crippen molar-refractivity contribution >= 4 is 11.6 Å². The summed E-state index contributed by atoms with van der Waals surface area (Å²) in [7, 11) is 0. The third kappa shape index (κ3) is 3.33. The molecule has 1 rings (SSSR count). The normalized spacial score (nSPS) is 10.8. The van der Waals surface area contributed by atoms with Crippen molar-refractivity contribution in [2.24, 2.45) is 0 Å². The van der Waals surface area contributed by atoms with Crippen LogP contribution in [0.2, 0.25) is 5.02 Å². The summed E-state index contributed by atoms with van der Waals surface area (Å²) in [6, 6.07) is 4.77. The van der Waals surface area contributed by atoms with Gasteiger partial charge in [0.05, 0.1) is 0 Å². The van der Waals surface area contributed by atoms with Crippen molar-refractivity contribution in [1.29, 1.82) is 0 Å². The van der Waals surface area contributed by atoms with Crippen LogP contribution in [0, 0.1) is 5.82 Å². The smallest absolute Gasteiger partial charge is 0.123 e. The minimum Gasteiger partial charge on any atom is -0.310 e. The van der Waals surface area contributed by atoms with Gasteiger partial charge in [0.1, 0.15) is 5.82 Å². The fraction of sp³-hybridized carbons (Fsp3) is 0.400. The first-order chi connectivity index (χ1) is 6.09. The van der Waals surface area contributed by atoms with E-state index in [9.17, 15) is 4.39 Å². The van der Waals surface area contributed by atoms with Crippen molar-refractivity contribution in [2.75, 3.05) is 0 Å². The van der Waals surface area contributed by atoms with Crippen molar-refractivity contribution in [3.63, 3.8) is 0 Å². The molecule has 0 saturated carbocycles. The van der Waals surface area contributed by atoms with Crippen LogP contribution in [0.25, 0.3) is 0 Å². The number of halogens is 2. The molecule has 0 saturated heterocycles. The van der Waals surface area contributed by atoms with Gasteiger partial charge in [-0.2, -0.15) is 0 Å². The fourth-order valence-corrected chi connectivity index (χ4v) is 1.18. The molecule has 0 heterocycles. The molecule has 0 aromatic heterocycles. The van der Waals surface area contributed by atoms with Crippen molar-refractivity contribution in [3.05, 3.63) is 34.6 Å². The summed E-state index contributed by atoms with van der Waals surface area (Å²) in [5, 5.41) is 3.78. The standard InChI is InChI=1S/C10H13ClFN/c1-7(2)13-6-8-5-9(12)3-4-10(8)11/h3-5,7,13H,6H2,1-2H3. The van der Waals surface area contributed by atoms with E-state index < -0.39 is 0 Å². The lowest BCUT2D eigenvalue weighted by molar-refractivity contribution is 0.581. The van der Waals surface area contributed by atoms with Crippen LogP contribution in [-0.4, -0.2) is 6.04 Å². The fourth-order valence-electron chi connectivity index (χ4n) is 0.993. The summed E-state index contributed by atoms with van der Waals surface area (Å²) >= 11 is 5.87. The quantitative estimate of drug-likeness (QED) is 0.793. The van der Waals surface area contributed by atoms with Crippen molar-refractivity contribution in [1.82, 2.24) is 5.32 Å². The summed E-state index contributed by atoms with van der Waals surface area (Å²) < 4.78 is 12.8. The molecule has 13 heavy (non-hydrogen) atoms. The van der Waals surface area contributed by atoms with Gasteiger partial charge in [0.2, 0.25) is 0 Å².